The zero-order chi connectivity index (χ0) is 21.8. The first-order valence-electron chi connectivity index (χ1n) is 10.0. The lowest BCUT2D eigenvalue weighted by Crippen LogP contribution is -2.17. The molecule has 0 fully saturated rings. The van der Waals surface area contributed by atoms with E-state index < -0.39 is 0 Å². The molecule has 0 bridgehead atoms. The van der Waals surface area contributed by atoms with Crippen LogP contribution in [0.15, 0.2) is 95.5 Å². The van der Waals surface area contributed by atoms with Crippen molar-refractivity contribution in [1.82, 2.24) is 15.4 Å². The normalized spacial score (nSPS) is 11.1. The number of nitrogens with one attached hydrogen (secondary N) is 3. The second kappa shape index (κ2) is 8.87. The van der Waals surface area contributed by atoms with Crippen LogP contribution in [0.5, 0.6) is 0 Å². The number of hydrazone groups is 1. The minimum Gasteiger partial charge on any atom is -0.361 e. The number of carbonyl (C=O) groups is 1. The summed E-state index contributed by atoms with van der Waals surface area (Å²) in [5.74, 6) is -0.270. The quantitative estimate of drug-likeness (QED) is 0.232. The second-order valence-electron chi connectivity index (χ2n) is 7.10. The van der Waals surface area contributed by atoms with Crippen molar-refractivity contribution < 1.29 is 4.79 Å². The van der Waals surface area contributed by atoms with Gasteiger partial charge in [-0.1, -0.05) is 48.5 Å². The fourth-order valence-electron chi connectivity index (χ4n) is 3.33. The van der Waals surface area contributed by atoms with E-state index in [1.807, 2.05) is 78.3 Å². The average Bonchev–Trinajstić information content (AvgIpc) is 3.47. The first-order valence-corrected chi connectivity index (χ1v) is 10.9. The minimum absolute atomic E-state index is 0.270. The van der Waals surface area contributed by atoms with E-state index in [0.29, 0.717) is 5.56 Å². The van der Waals surface area contributed by atoms with Crippen LogP contribution in [0.4, 0.5) is 10.8 Å². The van der Waals surface area contributed by atoms with Gasteiger partial charge in [0, 0.05) is 44.9 Å². The van der Waals surface area contributed by atoms with E-state index in [1.54, 1.807) is 18.3 Å². The summed E-state index contributed by atoms with van der Waals surface area (Å²) in [6.45, 7) is 0. The Kier molecular flexibility index (Phi) is 5.47. The molecule has 0 aliphatic heterocycles. The molecule has 156 valence electrons. The van der Waals surface area contributed by atoms with Gasteiger partial charge in [0.2, 0.25) is 0 Å². The number of thiazole rings is 1. The van der Waals surface area contributed by atoms with Crippen LogP contribution in [-0.2, 0) is 0 Å². The summed E-state index contributed by atoms with van der Waals surface area (Å²) in [5.41, 5.74) is 7.92. The Hall–Kier alpha value is -4.23. The summed E-state index contributed by atoms with van der Waals surface area (Å²) in [4.78, 5) is 20.2. The number of H-pyrrole nitrogens is 1. The zero-order valence-electron chi connectivity index (χ0n) is 16.9. The van der Waals surface area contributed by atoms with Crippen LogP contribution in [0.3, 0.4) is 0 Å². The number of hydrogen-bond donors (Lipinski definition) is 3. The fraction of sp³-hybridized carbons (Fsp3) is 0. The molecule has 2 aromatic heterocycles. The predicted molar refractivity (Wildman–Crippen MR) is 131 cm³/mol. The summed E-state index contributed by atoms with van der Waals surface area (Å²) in [7, 11) is 0. The molecule has 32 heavy (non-hydrogen) atoms. The standard InChI is InChI=1S/C25H19N5OS/c31-24(30-27-15-19-14-26-22-9-5-4-8-21(19)22)18-10-12-20(13-11-18)28-25-29-23(16-32-25)17-6-2-1-3-7-17/h1-16,26H,(H,28,29)(H,30,31)/b27-15+. The molecule has 3 aromatic carbocycles. The van der Waals surface area contributed by atoms with Crippen LogP contribution in [0.25, 0.3) is 22.2 Å². The van der Waals surface area contributed by atoms with Crippen LogP contribution in [0, 0.1) is 0 Å². The molecule has 0 aliphatic rings. The Morgan fingerprint density at radius 3 is 2.59 bits per heavy atom. The molecular weight excluding hydrogens is 418 g/mol. The van der Waals surface area contributed by atoms with Crippen LogP contribution < -0.4 is 10.7 Å². The average molecular weight is 438 g/mol. The molecule has 0 saturated heterocycles. The van der Waals surface area contributed by atoms with E-state index in [9.17, 15) is 4.79 Å². The van der Waals surface area contributed by atoms with Gasteiger partial charge in [0.1, 0.15) is 0 Å². The highest BCUT2D eigenvalue weighted by atomic mass is 32.1. The van der Waals surface area contributed by atoms with Crippen molar-refractivity contribution in [2.45, 2.75) is 0 Å². The van der Waals surface area contributed by atoms with Gasteiger partial charge in [-0.3, -0.25) is 4.79 Å². The Bertz CT molecular complexity index is 1390. The molecule has 2 heterocycles. The molecule has 0 spiro atoms. The lowest BCUT2D eigenvalue weighted by molar-refractivity contribution is 0.0955. The maximum atomic E-state index is 12.4. The van der Waals surface area contributed by atoms with E-state index >= 15 is 0 Å². The third kappa shape index (κ3) is 4.28. The van der Waals surface area contributed by atoms with Gasteiger partial charge < -0.3 is 10.3 Å². The number of fused-ring (bicyclic) bond motifs is 1. The van der Waals surface area contributed by atoms with E-state index in [-0.39, 0.29) is 5.91 Å². The molecule has 0 saturated carbocycles. The van der Waals surface area contributed by atoms with Crippen LogP contribution >= 0.6 is 11.3 Å². The van der Waals surface area contributed by atoms with E-state index in [0.717, 1.165) is 38.5 Å². The topological polar surface area (TPSA) is 82.2 Å². The number of benzene rings is 3. The second-order valence-corrected chi connectivity index (χ2v) is 7.95. The van der Waals surface area contributed by atoms with Crippen molar-refractivity contribution >= 4 is 45.2 Å². The smallest absolute Gasteiger partial charge is 0.271 e. The first kappa shape index (κ1) is 19.7. The lowest BCUT2D eigenvalue weighted by Gasteiger charge is -2.04. The number of aromatic nitrogens is 2. The Balaban J connectivity index is 1.21. The largest absolute Gasteiger partial charge is 0.361 e. The Morgan fingerprint density at radius 1 is 0.969 bits per heavy atom. The molecule has 6 nitrogen and oxygen atoms in total. The highest BCUT2D eigenvalue weighted by Crippen LogP contribution is 2.27. The number of para-hydroxylation sites is 1. The molecular formula is C25H19N5OS. The lowest BCUT2D eigenvalue weighted by atomic mass is 10.2. The molecule has 1 amide bonds. The summed E-state index contributed by atoms with van der Waals surface area (Å²) in [6, 6.07) is 25.2. The van der Waals surface area contributed by atoms with Gasteiger partial charge >= 0.3 is 0 Å². The predicted octanol–water partition coefficient (Wildman–Crippen LogP) is 5.80. The van der Waals surface area contributed by atoms with E-state index in [1.165, 1.54) is 11.3 Å². The van der Waals surface area contributed by atoms with Crippen molar-refractivity contribution in [3.63, 3.8) is 0 Å². The third-order valence-corrected chi connectivity index (χ3v) is 5.72. The van der Waals surface area contributed by atoms with E-state index in [2.05, 4.69) is 25.8 Å². The van der Waals surface area contributed by atoms with Crippen molar-refractivity contribution in [1.29, 1.82) is 0 Å². The number of aromatic amines is 1. The van der Waals surface area contributed by atoms with Gasteiger partial charge in [0.05, 0.1) is 11.9 Å². The van der Waals surface area contributed by atoms with Crippen molar-refractivity contribution in [2.24, 2.45) is 5.10 Å². The van der Waals surface area contributed by atoms with Crippen LogP contribution in [-0.4, -0.2) is 22.1 Å². The molecule has 0 radical (unpaired) electrons. The summed E-state index contributed by atoms with van der Waals surface area (Å²) >= 11 is 1.54. The monoisotopic (exact) mass is 437 g/mol. The SMILES string of the molecule is O=C(N/N=C/c1c[nH]c2ccccc12)c1ccc(Nc2nc(-c3ccccc3)cs2)cc1. The van der Waals surface area contributed by atoms with Gasteiger partial charge in [-0.15, -0.1) is 11.3 Å². The third-order valence-electron chi connectivity index (χ3n) is 4.96. The van der Waals surface area contributed by atoms with Gasteiger partial charge in [0.25, 0.3) is 5.91 Å². The molecule has 0 aliphatic carbocycles. The van der Waals surface area contributed by atoms with Crippen LogP contribution in [0.2, 0.25) is 0 Å². The van der Waals surface area contributed by atoms with Gasteiger partial charge in [-0.05, 0) is 30.3 Å². The number of carbonyl (C=O) groups excluding carboxylic acids is 1. The molecule has 0 atom stereocenters. The minimum atomic E-state index is -0.270. The maximum absolute atomic E-state index is 12.4. The number of amides is 1. The number of hydrogen-bond acceptors (Lipinski definition) is 5. The van der Waals surface area contributed by atoms with Gasteiger partial charge in [-0.2, -0.15) is 5.10 Å². The fourth-order valence-corrected chi connectivity index (χ4v) is 4.07. The Morgan fingerprint density at radius 2 is 1.75 bits per heavy atom. The first-order chi connectivity index (χ1) is 15.8. The maximum Gasteiger partial charge on any atom is 0.271 e. The molecule has 7 heteroatoms. The molecule has 3 N–H and O–H groups in total. The number of nitrogens with zero attached hydrogens (tertiary/aromatic N) is 2. The number of rotatable bonds is 6. The van der Waals surface area contributed by atoms with Gasteiger partial charge in [-0.25, -0.2) is 10.4 Å². The van der Waals surface area contributed by atoms with Crippen molar-refractivity contribution in [2.75, 3.05) is 5.32 Å². The van der Waals surface area contributed by atoms with E-state index in [4.69, 9.17) is 0 Å². The van der Waals surface area contributed by atoms with Gasteiger partial charge in [0.15, 0.2) is 5.13 Å². The summed E-state index contributed by atoms with van der Waals surface area (Å²) in [6.07, 6.45) is 3.50. The zero-order valence-corrected chi connectivity index (χ0v) is 17.8. The number of anilines is 2. The van der Waals surface area contributed by atoms with Crippen LogP contribution in [0.1, 0.15) is 15.9 Å². The summed E-state index contributed by atoms with van der Waals surface area (Å²) in [5, 5.41) is 11.2. The highest BCUT2D eigenvalue weighted by molar-refractivity contribution is 7.14. The van der Waals surface area contributed by atoms with Crippen molar-refractivity contribution in [3.8, 4) is 11.3 Å². The molecule has 0 unspecified atom stereocenters. The molecule has 5 rings (SSSR count). The Labute approximate surface area is 188 Å². The van der Waals surface area contributed by atoms with Crippen molar-refractivity contribution in [3.05, 3.63) is 102 Å². The summed E-state index contributed by atoms with van der Waals surface area (Å²) < 4.78 is 0. The molecule has 5 aromatic rings. The highest BCUT2D eigenvalue weighted by Gasteiger charge is 2.07.